The van der Waals surface area contributed by atoms with Gasteiger partial charge in [0.25, 0.3) is 17.3 Å². The Morgan fingerprint density at radius 2 is 2.19 bits per heavy atom. The zero-order valence-electron chi connectivity index (χ0n) is 14.2. The van der Waals surface area contributed by atoms with E-state index >= 15 is 0 Å². The molecule has 2 aromatic heterocycles. The van der Waals surface area contributed by atoms with Gasteiger partial charge in [-0.1, -0.05) is 17.3 Å². The highest BCUT2D eigenvalue weighted by Gasteiger charge is 2.20. The molecule has 0 aliphatic heterocycles. The molecule has 0 aliphatic carbocycles. The standard InChI is InChI=1S/C17H16N4O5/c1-10-15-13(16(22)18-6-7-25-2)9-14(19-17(15)26-20-10)11-4-3-5-12(8-11)21(23)24/h3-5,8-9H,6-7H2,1-2H3,(H,18,22). The van der Waals surface area contributed by atoms with Gasteiger partial charge in [0.1, 0.15) is 0 Å². The Labute approximate surface area is 148 Å². The van der Waals surface area contributed by atoms with E-state index in [-0.39, 0.29) is 17.3 Å². The molecular formula is C17H16N4O5. The molecule has 1 aromatic carbocycles. The second-order valence-corrected chi connectivity index (χ2v) is 5.56. The Morgan fingerprint density at radius 3 is 2.92 bits per heavy atom. The molecular weight excluding hydrogens is 340 g/mol. The molecule has 0 aliphatic rings. The minimum Gasteiger partial charge on any atom is -0.383 e. The zero-order valence-corrected chi connectivity index (χ0v) is 14.2. The maximum absolute atomic E-state index is 12.6. The molecule has 9 heteroatoms. The fourth-order valence-corrected chi connectivity index (χ4v) is 2.56. The van der Waals surface area contributed by atoms with Crippen LogP contribution in [-0.4, -0.2) is 41.2 Å². The number of carbonyl (C=O) groups is 1. The largest absolute Gasteiger partial charge is 0.383 e. The zero-order chi connectivity index (χ0) is 18.7. The number of hydrogen-bond acceptors (Lipinski definition) is 7. The summed E-state index contributed by atoms with van der Waals surface area (Å²) in [6.07, 6.45) is 0. The first-order chi connectivity index (χ1) is 12.5. The second-order valence-electron chi connectivity index (χ2n) is 5.56. The molecule has 2 heterocycles. The van der Waals surface area contributed by atoms with Crippen LogP contribution in [0.1, 0.15) is 16.1 Å². The molecule has 0 fully saturated rings. The average molecular weight is 356 g/mol. The Hall–Kier alpha value is -3.33. The number of fused-ring (bicyclic) bond motifs is 1. The van der Waals surface area contributed by atoms with Crippen LogP contribution in [0.3, 0.4) is 0 Å². The SMILES string of the molecule is COCCNC(=O)c1cc(-c2cccc([N+](=O)[O-])c2)nc2onc(C)c12. The number of pyridine rings is 1. The highest BCUT2D eigenvalue weighted by molar-refractivity contribution is 6.07. The molecule has 0 spiro atoms. The highest BCUT2D eigenvalue weighted by Crippen LogP contribution is 2.28. The van der Waals surface area contributed by atoms with E-state index in [9.17, 15) is 14.9 Å². The summed E-state index contributed by atoms with van der Waals surface area (Å²) >= 11 is 0. The number of carbonyl (C=O) groups excluding carboxylic acids is 1. The second kappa shape index (κ2) is 7.28. The van der Waals surface area contributed by atoms with E-state index in [1.165, 1.54) is 12.1 Å². The number of aromatic nitrogens is 2. The van der Waals surface area contributed by atoms with Crippen LogP contribution in [0.15, 0.2) is 34.9 Å². The molecule has 0 unspecified atom stereocenters. The van der Waals surface area contributed by atoms with Crippen LogP contribution >= 0.6 is 0 Å². The molecule has 1 N–H and O–H groups in total. The molecule has 0 radical (unpaired) electrons. The number of nitro benzene ring substituents is 1. The number of rotatable bonds is 6. The van der Waals surface area contributed by atoms with E-state index in [4.69, 9.17) is 9.26 Å². The minimum atomic E-state index is -0.487. The summed E-state index contributed by atoms with van der Waals surface area (Å²) in [7, 11) is 1.54. The van der Waals surface area contributed by atoms with Gasteiger partial charge in [-0.15, -0.1) is 0 Å². The third-order valence-corrected chi connectivity index (χ3v) is 3.81. The third kappa shape index (κ3) is 3.38. The Balaban J connectivity index is 2.09. The molecule has 134 valence electrons. The predicted molar refractivity (Wildman–Crippen MR) is 92.8 cm³/mol. The van der Waals surface area contributed by atoms with Crippen LogP contribution < -0.4 is 5.32 Å². The lowest BCUT2D eigenvalue weighted by Gasteiger charge is -2.08. The fraction of sp³-hybridized carbons (Fsp3) is 0.235. The van der Waals surface area contributed by atoms with Crippen molar-refractivity contribution in [2.45, 2.75) is 6.92 Å². The van der Waals surface area contributed by atoms with E-state index in [1.54, 1.807) is 32.2 Å². The number of hydrogen-bond donors (Lipinski definition) is 1. The molecule has 9 nitrogen and oxygen atoms in total. The van der Waals surface area contributed by atoms with Crippen molar-refractivity contribution in [3.63, 3.8) is 0 Å². The van der Waals surface area contributed by atoms with E-state index in [0.717, 1.165) is 0 Å². The van der Waals surface area contributed by atoms with Crippen LogP contribution in [0.5, 0.6) is 0 Å². The minimum absolute atomic E-state index is 0.0655. The van der Waals surface area contributed by atoms with Crippen molar-refractivity contribution in [3.8, 4) is 11.3 Å². The van der Waals surface area contributed by atoms with E-state index in [0.29, 0.717) is 41.1 Å². The maximum atomic E-state index is 12.6. The smallest absolute Gasteiger partial charge is 0.270 e. The lowest BCUT2D eigenvalue weighted by atomic mass is 10.0. The number of ether oxygens (including phenoxy) is 1. The number of benzene rings is 1. The van der Waals surface area contributed by atoms with E-state index in [1.807, 2.05) is 0 Å². The van der Waals surface area contributed by atoms with Gasteiger partial charge in [0.2, 0.25) is 0 Å². The molecule has 3 aromatic rings. The fourth-order valence-electron chi connectivity index (χ4n) is 2.56. The lowest BCUT2D eigenvalue weighted by molar-refractivity contribution is -0.384. The maximum Gasteiger partial charge on any atom is 0.270 e. The molecule has 26 heavy (non-hydrogen) atoms. The quantitative estimate of drug-likeness (QED) is 0.409. The van der Waals surface area contributed by atoms with Gasteiger partial charge in [-0.2, -0.15) is 0 Å². The first-order valence-electron chi connectivity index (χ1n) is 7.80. The summed E-state index contributed by atoms with van der Waals surface area (Å²) in [5.74, 6) is -0.326. The van der Waals surface area contributed by atoms with Gasteiger partial charge in [-0.3, -0.25) is 14.9 Å². The van der Waals surface area contributed by atoms with Gasteiger partial charge >= 0.3 is 0 Å². The van der Waals surface area contributed by atoms with Crippen LogP contribution in [0, 0.1) is 17.0 Å². The number of non-ortho nitro benzene ring substituents is 1. The predicted octanol–water partition coefficient (Wildman–Crippen LogP) is 2.48. The van der Waals surface area contributed by atoms with Gasteiger partial charge in [0.15, 0.2) is 0 Å². The van der Waals surface area contributed by atoms with Crippen molar-refractivity contribution in [1.82, 2.24) is 15.5 Å². The van der Waals surface area contributed by atoms with Crippen molar-refractivity contribution in [1.29, 1.82) is 0 Å². The van der Waals surface area contributed by atoms with Crippen LogP contribution in [-0.2, 0) is 4.74 Å². The summed E-state index contributed by atoms with van der Waals surface area (Å²) in [5.41, 5.74) is 1.89. The summed E-state index contributed by atoms with van der Waals surface area (Å²) < 4.78 is 10.1. The van der Waals surface area contributed by atoms with Gasteiger partial charge in [-0.05, 0) is 13.0 Å². The number of nitrogens with one attached hydrogen (secondary N) is 1. The Kier molecular flexibility index (Phi) is 4.90. The molecule has 0 atom stereocenters. The summed E-state index contributed by atoms with van der Waals surface area (Å²) in [4.78, 5) is 27.4. The van der Waals surface area contributed by atoms with Crippen molar-refractivity contribution in [3.05, 3.63) is 51.7 Å². The average Bonchev–Trinajstić information content (AvgIpc) is 3.02. The first-order valence-corrected chi connectivity index (χ1v) is 7.80. The van der Waals surface area contributed by atoms with E-state index < -0.39 is 4.92 Å². The monoisotopic (exact) mass is 356 g/mol. The van der Waals surface area contributed by atoms with E-state index in [2.05, 4.69) is 15.5 Å². The first kappa shape index (κ1) is 17.5. The van der Waals surface area contributed by atoms with Gasteiger partial charge in [0, 0.05) is 31.4 Å². The normalized spacial score (nSPS) is 10.8. The number of amides is 1. The summed E-state index contributed by atoms with van der Waals surface area (Å²) in [6, 6.07) is 7.59. The van der Waals surface area contributed by atoms with Crippen LogP contribution in [0.4, 0.5) is 5.69 Å². The molecule has 0 bridgehead atoms. The Bertz CT molecular complexity index is 982. The number of methoxy groups -OCH3 is 1. The Morgan fingerprint density at radius 1 is 1.38 bits per heavy atom. The number of aryl methyl sites for hydroxylation is 1. The van der Waals surface area contributed by atoms with Gasteiger partial charge in [0.05, 0.1) is 33.9 Å². The van der Waals surface area contributed by atoms with Crippen LogP contribution in [0.2, 0.25) is 0 Å². The number of nitrogens with zero attached hydrogens (tertiary/aromatic N) is 3. The van der Waals surface area contributed by atoms with Crippen molar-refractivity contribution in [2.75, 3.05) is 20.3 Å². The molecule has 3 rings (SSSR count). The summed E-state index contributed by atoms with van der Waals surface area (Å²) in [5, 5.41) is 18.1. The molecule has 0 saturated carbocycles. The molecule has 0 saturated heterocycles. The van der Waals surface area contributed by atoms with Crippen molar-refractivity contribution < 1.29 is 19.0 Å². The topological polar surface area (TPSA) is 120 Å². The highest BCUT2D eigenvalue weighted by atomic mass is 16.6. The van der Waals surface area contributed by atoms with Gasteiger partial charge < -0.3 is 14.6 Å². The number of nitro groups is 1. The van der Waals surface area contributed by atoms with Crippen LogP contribution in [0.25, 0.3) is 22.4 Å². The lowest BCUT2D eigenvalue weighted by Crippen LogP contribution is -2.27. The summed E-state index contributed by atoms with van der Waals surface area (Å²) in [6.45, 7) is 2.43. The molecule has 1 amide bonds. The van der Waals surface area contributed by atoms with Gasteiger partial charge in [-0.25, -0.2) is 4.98 Å². The third-order valence-electron chi connectivity index (χ3n) is 3.81. The van der Waals surface area contributed by atoms with Crippen molar-refractivity contribution in [2.24, 2.45) is 0 Å². The van der Waals surface area contributed by atoms with Crippen molar-refractivity contribution >= 4 is 22.7 Å².